The van der Waals surface area contributed by atoms with Crippen LogP contribution in [0.4, 0.5) is 18.9 Å². The Morgan fingerprint density at radius 1 is 1.17 bits per heavy atom. The van der Waals surface area contributed by atoms with Gasteiger partial charge in [-0.05, 0) is 32.0 Å². The van der Waals surface area contributed by atoms with Crippen LogP contribution < -0.4 is 5.09 Å². The Balaban J connectivity index is 2.77. The third-order valence-electron chi connectivity index (χ3n) is 1.90. The molecule has 0 saturated heterocycles. The summed E-state index contributed by atoms with van der Waals surface area (Å²) >= 11 is 0. The van der Waals surface area contributed by atoms with Crippen molar-refractivity contribution in [2.24, 2.45) is 0 Å². The largest absolute Gasteiger partial charge is 0.416 e. The van der Waals surface area contributed by atoms with E-state index in [1.807, 2.05) is 0 Å². The van der Waals surface area contributed by atoms with Crippen molar-refractivity contribution in [2.75, 3.05) is 18.3 Å². The van der Waals surface area contributed by atoms with Gasteiger partial charge < -0.3 is 14.1 Å². The summed E-state index contributed by atoms with van der Waals surface area (Å²) in [6.45, 7) is 4.44. The molecule has 1 aromatic rings. The minimum atomic E-state index is -4.35. The molecule has 102 valence electrons. The molecule has 3 nitrogen and oxygen atoms in total. The highest BCUT2D eigenvalue weighted by Crippen LogP contribution is 2.39. The molecule has 0 heterocycles. The van der Waals surface area contributed by atoms with E-state index in [-0.39, 0.29) is 0 Å². The molecule has 0 aliphatic heterocycles. The maximum absolute atomic E-state index is 12.5. The Morgan fingerprint density at radius 3 is 2.28 bits per heavy atom. The summed E-state index contributed by atoms with van der Waals surface area (Å²) in [7, 11) is -1.40. The molecule has 0 aliphatic carbocycles. The molecule has 0 spiro atoms. The van der Waals surface area contributed by atoms with E-state index in [0.29, 0.717) is 18.9 Å². The zero-order valence-corrected chi connectivity index (χ0v) is 11.0. The van der Waals surface area contributed by atoms with Gasteiger partial charge in [-0.15, -0.1) is 0 Å². The molecule has 0 fully saturated rings. The van der Waals surface area contributed by atoms with Crippen LogP contribution in [0.2, 0.25) is 0 Å². The Labute approximate surface area is 105 Å². The first-order chi connectivity index (χ1) is 8.47. The number of halogens is 3. The average Bonchev–Trinajstić information content (AvgIpc) is 2.29. The fourth-order valence-electron chi connectivity index (χ4n) is 1.21. The normalized spacial score (nSPS) is 11.9. The summed E-state index contributed by atoms with van der Waals surface area (Å²) in [6, 6.07) is 4.95. The zero-order chi connectivity index (χ0) is 13.6. The smallest absolute Gasteiger partial charge is 0.320 e. The SMILES string of the molecule is CCOP(Nc1cccc(C(F)(F)F)c1)OCC. The zero-order valence-electron chi connectivity index (χ0n) is 10.1. The van der Waals surface area contributed by atoms with Crippen LogP contribution in [0.5, 0.6) is 0 Å². The van der Waals surface area contributed by atoms with E-state index in [9.17, 15) is 13.2 Å². The van der Waals surface area contributed by atoms with Gasteiger partial charge in [-0.1, -0.05) is 6.07 Å². The number of alkyl halides is 3. The lowest BCUT2D eigenvalue weighted by Gasteiger charge is -2.18. The molecule has 0 unspecified atom stereocenters. The molecule has 0 radical (unpaired) electrons. The molecular weight excluding hydrogens is 266 g/mol. The van der Waals surface area contributed by atoms with Crippen LogP contribution in [0.3, 0.4) is 0 Å². The van der Waals surface area contributed by atoms with E-state index in [0.717, 1.165) is 12.1 Å². The summed E-state index contributed by atoms with van der Waals surface area (Å²) in [5.74, 6) is 0. The van der Waals surface area contributed by atoms with Gasteiger partial charge in [-0.3, -0.25) is 0 Å². The van der Waals surface area contributed by atoms with Crippen molar-refractivity contribution in [3.05, 3.63) is 29.8 Å². The first-order valence-corrected chi connectivity index (χ1v) is 6.65. The van der Waals surface area contributed by atoms with E-state index in [1.54, 1.807) is 19.9 Å². The van der Waals surface area contributed by atoms with Crippen LogP contribution in [-0.2, 0) is 15.2 Å². The number of hydrogen-bond acceptors (Lipinski definition) is 3. The van der Waals surface area contributed by atoms with E-state index in [1.165, 1.54) is 6.07 Å². The molecule has 1 aromatic carbocycles. The molecule has 0 aromatic heterocycles. The molecule has 0 saturated carbocycles. The molecule has 0 aliphatic rings. The van der Waals surface area contributed by atoms with Crippen LogP contribution in [0.15, 0.2) is 24.3 Å². The first kappa shape index (κ1) is 15.2. The van der Waals surface area contributed by atoms with Crippen LogP contribution >= 0.6 is 8.53 Å². The second-order valence-corrected chi connectivity index (χ2v) is 4.54. The van der Waals surface area contributed by atoms with Gasteiger partial charge in [0.05, 0.1) is 18.8 Å². The van der Waals surface area contributed by atoms with Crippen molar-refractivity contribution in [2.45, 2.75) is 20.0 Å². The number of nitrogens with one attached hydrogen (secondary N) is 1. The van der Waals surface area contributed by atoms with Crippen molar-refractivity contribution in [1.29, 1.82) is 0 Å². The number of rotatable bonds is 6. The fraction of sp³-hybridized carbons (Fsp3) is 0.455. The lowest BCUT2D eigenvalue weighted by atomic mass is 10.2. The van der Waals surface area contributed by atoms with Gasteiger partial charge in [0.2, 0.25) is 0 Å². The van der Waals surface area contributed by atoms with E-state index >= 15 is 0 Å². The van der Waals surface area contributed by atoms with Crippen LogP contribution in [0.1, 0.15) is 19.4 Å². The second-order valence-electron chi connectivity index (χ2n) is 3.28. The average molecular weight is 281 g/mol. The Morgan fingerprint density at radius 2 is 1.78 bits per heavy atom. The van der Waals surface area contributed by atoms with Crippen molar-refractivity contribution in [3.8, 4) is 0 Å². The van der Waals surface area contributed by atoms with Crippen molar-refractivity contribution >= 4 is 14.2 Å². The Hall–Kier alpha value is -0.840. The predicted molar refractivity (Wildman–Crippen MR) is 65.2 cm³/mol. The maximum atomic E-state index is 12.5. The molecule has 7 heteroatoms. The van der Waals surface area contributed by atoms with Crippen LogP contribution in [0, 0.1) is 0 Å². The van der Waals surface area contributed by atoms with Gasteiger partial charge in [0.25, 0.3) is 8.53 Å². The van der Waals surface area contributed by atoms with E-state index in [2.05, 4.69) is 5.09 Å². The Bertz CT molecular complexity index is 368. The third kappa shape index (κ3) is 4.80. The molecule has 1 rings (SSSR count). The summed E-state index contributed by atoms with van der Waals surface area (Å²) in [4.78, 5) is 0. The first-order valence-electron chi connectivity index (χ1n) is 5.47. The molecule has 0 bridgehead atoms. The van der Waals surface area contributed by atoms with E-state index in [4.69, 9.17) is 9.05 Å². The highest BCUT2D eigenvalue weighted by atomic mass is 31.2. The molecule has 0 amide bonds. The monoisotopic (exact) mass is 281 g/mol. The number of hydrogen-bond donors (Lipinski definition) is 1. The summed E-state index contributed by atoms with van der Waals surface area (Å²) in [5.41, 5.74) is -0.367. The number of anilines is 1. The summed E-state index contributed by atoms with van der Waals surface area (Å²) < 4.78 is 48.1. The highest BCUT2D eigenvalue weighted by Gasteiger charge is 2.30. The Kier molecular flexibility index (Phi) is 5.85. The van der Waals surface area contributed by atoms with Crippen molar-refractivity contribution < 1.29 is 22.2 Å². The molecular formula is C11H15F3NO2P. The summed E-state index contributed by atoms with van der Waals surface area (Å²) in [6.07, 6.45) is -4.35. The lowest BCUT2D eigenvalue weighted by Crippen LogP contribution is -2.06. The topological polar surface area (TPSA) is 30.5 Å². The number of benzene rings is 1. The quantitative estimate of drug-likeness (QED) is 0.783. The van der Waals surface area contributed by atoms with Crippen LogP contribution in [0.25, 0.3) is 0 Å². The van der Waals surface area contributed by atoms with Gasteiger partial charge in [-0.25, -0.2) is 0 Å². The van der Waals surface area contributed by atoms with E-state index < -0.39 is 20.3 Å². The second kappa shape index (κ2) is 6.92. The van der Waals surface area contributed by atoms with Gasteiger partial charge in [0.15, 0.2) is 0 Å². The van der Waals surface area contributed by atoms with Crippen molar-refractivity contribution in [1.82, 2.24) is 0 Å². The molecule has 18 heavy (non-hydrogen) atoms. The molecule has 0 atom stereocenters. The van der Waals surface area contributed by atoms with Gasteiger partial charge in [-0.2, -0.15) is 13.2 Å². The lowest BCUT2D eigenvalue weighted by molar-refractivity contribution is -0.137. The minimum absolute atomic E-state index is 0.331. The highest BCUT2D eigenvalue weighted by molar-refractivity contribution is 7.48. The minimum Gasteiger partial charge on any atom is -0.320 e. The van der Waals surface area contributed by atoms with Gasteiger partial charge >= 0.3 is 6.18 Å². The summed E-state index contributed by atoms with van der Waals surface area (Å²) in [5, 5.41) is 2.81. The fourth-order valence-corrected chi connectivity index (χ4v) is 2.23. The predicted octanol–water partition coefficient (Wildman–Crippen LogP) is 4.42. The van der Waals surface area contributed by atoms with Crippen molar-refractivity contribution in [3.63, 3.8) is 0 Å². The van der Waals surface area contributed by atoms with Crippen LogP contribution in [-0.4, -0.2) is 13.2 Å². The molecule has 1 N–H and O–H groups in total. The van der Waals surface area contributed by atoms with Gasteiger partial charge in [0.1, 0.15) is 0 Å². The maximum Gasteiger partial charge on any atom is 0.416 e. The third-order valence-corrected chi connectivity index (χ3v) is 3.33. The standard InChI is InChI=1S/C11H15F3NO2P/c1-3-16-18(17-4-2)15-10-7-5-6-9(8-10)11(12,13)14/h5-8,15H,3-4H2,1-2H3. The van der Waals surface area contributed by atoms with Gasteiger partial charge in [0, 0.05) is 5.69 Å².